The summed E-state index contributed by atoms with van der Waals surface area (Å²) in [6.07, 6.45) is -0.465. The van der Waals surface area contributed by atoms with Gasteiger partial charge in [-0.15, -0.1) is 0 Å². The fourth-order valence-electron chi connectivity index (χ4n) is 2.35. The number of para-hydroxylation sites is 1. The zero-order valence-electron chi connectivity index (χ0n) is 12.5. The molecule has 1 heterocycles. The highest BCUT2D eigenvalue weighted by Gasteiger charge is 2.24. The van der Waals surface area contributed by atoms with Crippen LogP contribution in [0.25, 0.3) is 0 Å². The summed E-state index contributed by atoms with van der Waals surface area (Å²) < 4.78 is 11.2. The summed E-state index contributed by atoms with van der Waals surface area (Å²) in [6, 6.07) is 7.91. The Morgan fingerprint density at radius 3 is 2.50 bits per heavy atom. The molecule has 1 aliphatic rings. The SMILES string of the molecule is CC(C)c1ccccc1O[C@@H](C)C(=O)N1CCOCC1. The van der Waals surface area contributed by atoms with E-state index in [0.717, 1.165) is 11.3 Å². The van der Waals surface area contributed by atoms with Gasteiger partial charge in [-0.05, 0) is 24.5 Å². The van der Waals surface area contributed by atoms with Gasteiger partial charge >= 0.3 is 0 Å². The number of amides is 1. The molecule has 0 aromatic heterocycles. The topological polar surface area (TPSA) is 38.8 Å². The minimum atomic E-state index is -0.465. The highest BCUT2D eigenvalue weighted by atomic mass is 16.5. The van der Waals surface area contributed by atoms with Gasteiger partial charge in [-0.1, -0.05) is 32.0 Å². The number of carbonyl (C=O) groups excluding carboxylic acids is 1. The average molecular weight is 277 g/mol. The molecule has 1 aliphatic heterocycles. The lowest BCUT2D eigenvalue weighted by Gasteiger charge is -2.29. The predicted molar refractivity (Wildman–Crippen MR) is 78.0 cm³/mol. The van der Waals surface area contributed by atoms with Gasteiger partial charge in [-0.2, -0.15) is 0 Å². The second kappa shape index (κ2) is 6.75. The Labute approximate surface area is 120 Å². The molecule has 4 nitrogen and oxygen atoms in total. The van der Waals surface area contributed by atoms with Gasteiger partial charge in [0.15, 0.2) is 6.10 Å². The van der Waals surface area contributed by atoms with Gasteiger partial charge in [0.05, 0.1) is 13.2 Å². The average Bonchev–Trinajstić information content (AvgIpc) is 2.47. The summed E-state index contributed by atoms with van der Waals surface area (Å²) >= 11 is 0. The molecular formula is C16H23NO3. The largest absolute Gasteiger partial charge is 0.481 e. The Bertz CT molecular complexity index is 453. The molecule has 1 aromatic carbocycles. The predicted octanol–water partition coefficient (Wildman–Crippen LogP) is 2.44. The van der Waals surface area contributed by atoms with Crippen molar-refractivity contribution < 1.29 is 14.3 Å². The van der Waals surface area contributed by atoms with E-state index in [2.05, 4.69) is 13.8 Å². The number of morpholine rings is 1. The lowest BCUT2D eigenvalue weighted by Crippen LogP contribution is -2.46. The number of carbonyl (C=O) groups is 1. The summed E-state index contributed by atoms with van der Waals surface area (Å²) in [5.41, 5.74) is 1.13. The number of nitrogens with zero attached hydrogens (tertiary/aromatic N) is 1. The van der Waals surface area contributed by atoms with E-state index in [1.807, 2.05) is 36.1 Å². The van der Waals surface area contributed by atoms with Crippen molar-refractivity contribution in [2.75, 3.05) is 26.3 Å². The van der Waals surface area contributed by atoms with Crippen LogP contribution >= 0.6 is 0 Å². The third-order valence-corrected chi connectivity index (χ3v) is 3.52. The van der Waals surface area contributed by atoms with Crippen molar-refractivity contribution in [1.29, 1.82) is 0 Å². The molecule has 1 fully saturated rings. The van der Waals surface area contributed by atoms with Crippen LogP contribution in [0.2, 0.25) is 0 Å². The minimum absolute atomic E-state index is 0.0341. The third-order valence-electron chi connectivity index (χ3n) is 3.52. The van der Waals surface area contributed by atoms with Crippen LogP contribution in [0.4, 0.5) is 0 Å². The van der Waals surface area contributed by atoms with Crippen molar-refractivity contribution in [1.82, 2.24) is 4.90 Å². The van der Waals surface area contributed by atoms with Crippen molar-refractivity contribution in [3.8, 4) is 5.75 Å². The lowest BCUT2D eigenvalue weighted by atomic mass is 10.0. The van der Waals surface area contributed by atoms with Crippen LogP contribution in [0.3, 0.4) is 0 Å². The quantitative estimate of drug-likeness (QED) is 0.848. The second-order valence-electron chi connectivity index (χ2n) is 5.39. The summed E-state index contributed by atoms with van der Waals surface area (Å²) in [5.74, 6) is 1.21. The molecule has 1 saturated heterocycles. The molecule has 110 valence electrons. The Balaban J connectivity index is 2.03. The highest BCUT2D eigenvalue weighted by Crippen LogP contribution is 2.26. The molecule has 1 aromatic rings. The van der Waals surface area contributed by atoms with Gasteiger partial charge in [-0.25, -0.2) is 0 Å². The number of hydrogen-bond donors (Lipinski definition) is 0. The van der Waals surface area contributed by atoms with E-state index in [0.29, 0.717) is 32.2 Å². The Morgan fingerprint density at radius 2 is 1.85 bits per heavy atom. The Morgan fingerprint density at radius 1 is 1.20 bits per heavy atom. The van der Waals surface area contributed by atoms with Gasteiger partial charge in [0.2, 0.25) is 0 Å². The highest BCUT2D eigenvalue weighted by molar-refractivity contribution is 5.81. The summed E-state index contributed by atoms with van der Waals surface area (Å²) in [7, 11) is 0. The molecule has 2 rings (SSSR count). The molecule has 0 unspecified atom stereocenters. The minimum Gasteiger partial charge on any atom is -0.481 e. The zero-order valence-corrected chi connectivity index (χ0v) is 12.5. The van der Waals surface area contributed by atoms with E-state index in [1.54, 1.807) is 0 Å². The normalized spacial score (nSPS) is 17.1. The molecule has 0 aliphatic carbocycles. The van der Waals surface area contributed by atoms with Gasteiger partial charge < -0.3 is 14.4 Å². The first-order valence-corrected chi connectivity index (χ1v) is 7.21. The monoisotopic (exact) mass is 277 g/mol. The Kier molecular flexibility index (Phi) is 5.01. The maximum atomic E-state index is 12.3. The van der Waals surface area contributed by atoms with Crippen LogP contribution in [0.1, 0.15) is 32.3 Å². The standard InChI is InChI=1S/C16H23NO3/c1-12(2)14-6-4-5-7-15(14)20-13(3)16(18)17-8-10-19-11-9-17/h4-7,12-13H,8-11H2,1-3H3/t13-/m0/s1. The van der Waals surface area contributed by atoms with Crippen molar-refractivity contribution in [3.05, 3.63) is 29.8 Å². The molecule has 4 heteroatoms. The number of ether oxygens (including phenoxy) is 2. The van der Waals surface area contributed by atoms with Crippen LogP contribution in [-0.4, -0.2) is 43.2 Å². The Hall–Kier alpha value is -1.55. The molecular weight excluding hydrogens is 254 g/mol. The van der Waals surface area contributed by atoms with Gasteiger partial charge in [0.25, 0.3) is 5.91 Å². The van der Waals surface area contributed by atoms with Crippen molar-refractivity contribution in [2.24, 2.45) is 0 Å². The molecule has 1 amide bonds. The maximum absolute atomic E-state index is 12.3. The third kappa shape index (κ3) is 3.51. The van der Waals surface area contributed by atoms with E-state index in [4.69, 9.17) is 9.47 Å². The first-order chi connectivity index (χ1) is 9.59. The second-order valence-corrected chi connectivity index (χ2v) is 5.39. The molecule has 0 radical (unpaired) electrons. The van der Waals surface area contributed by atoms with Crippen molar-refractivity contribution in [2.45, 2.75) is 32.8 Å². The molecule has 20 heavy (non-hydrogen) atoms. The van der Waals surface area contributed by atoms with Gasteiger partial charge in [-0.3, -0.25) is 4.79 Å². The van der Waals surface area contributed by atoms with Crippen molar-refractivity contribution in [3.63, 3.8) is 0 Å². The summed E-state index contributed by atoms with van der Waals surface area (Å²) in [5, 5.41) is 0. The van der Waals surface area contributed by atoms with Gasteiger partial charge in [0.1, 0.15) is 5.75 Å². The lowest BCUT2D eigenvalue weighted by molar-refractivity contribution is -0.142. The van der Waals surface area contributed by atoms with Gasteiger partial charge in [0, 0.05) is 13.1 Å². The molecule has 1 atom stereocenters. The first-order valence-electron chi connectivity index (χ1n) is 7.21. The number of hydrogen-bond acceptors (Lipinski definition) is 3. The number of rotatable bonds is 4. The fourth-order valence-corrected chi connectivity index (χ4v) is 2.35. The van der Waals surface area contributed by atoms with Crippen LogP contribution in [0, 0.1) is 0 Å². The summed E-state index contributed by atoms with van der Waals surface area (Å²) in [6.45, 7) is 8.58. The van der Waals surface area contributed by atoms with E-state index >= 15 is 0 Å². The molecule has 0 N–H and O–H groups in total. The number of benzene rings is 1. The van der Waals surface area contributed by atoms with E-state index in [9.17, 15) is 4.79 Å². The van der Waals surface area contributed by atoms with E-state index in [1.165, 1.54) is 0 Å². The molecule has 0 saturated carbocycles. The van der Waals surface area contributed by atoms with Crippen LogP contribution < -0.4 is 4.74 Å². The van der Waals surface area contributed by atoms with Crippen LogP contribution in [0.5, 0.6) is 5.75 Å². The van der Waals surface area contributed by atoms with Crippen LogP contribution in [-0.2, 0) is 9.53 Å². The smallest absolute Gasteiger partial charge is 0.263 e. The zero-order chi connectivity index (χ0) is 14.5. The molecule has 0 bridgehead atoms. The fraction of sp³-hybridized carbons (Fsp3) is 0.562. The van der Waals surface area contributed by atoms with Crippen molar-refractivity contribution >= 4 is 5.91 Å². The summed E-state index contributed by atoms with van der Waals surface area (Å²) in [4.78, 5) is 14.1. The van der Waals surface area contributed by atoms with E-state index < -0.39 is 6.10 Å². The maximum Gasteiger partial charge on any atom is 0.263 e. The molecule has 0 spiro atoms. The van der Waals surface area contributed by atoms with Crippen LogP contribution in [0.15, 0.2) is 24.3 Å². The van der Waals surface area contributed by atoms with E-state index in [-0.39, 0.29) is 5.91 Å². The first kappa shape index (κ1) is 14.9.